The molecule has 2 aromatic carbocycles. The Bertz CT molecular complexity index is 939. The third-order valence-corrected chi connectivity index (χ3v) is 6.46. The molecular formula is C31H46O6. The standard InChI is InChI=1S/C31H46O6/c1-4-6-8-10-12-14-18-22-34-30(32)36-28-24-25(3)29(27-21-17-16-20-26(27)28)37-31(33)35-23-19-15-13-11-9-7-5-2/h16-17,20-21,24H,4-15,18-19,22-23H2,1-3H3. The van der Waals surface area contributed by atoms with Gasteiger partial charge in [-0.3, -0.25) is 0 Å². The van der Waals surface area contributed by atoms with Crippen LogP contribution in [0.3, 0.4) is 0 Å². The Kier molecular flexibility index (Phi) is 15.2. The van der Waals surface area contributed by atoms with Gasteiger partial charge in [-0.25, -0.2) is 9.59 Å². The number of aryl methyl sites for hydroxylation is 1. The summed E-state index contributed by atoms with van der Waals surface area (Å²) >= 11 is 0. The van der Waals surface area contributed by atoms with E-state index in [1.54, 1.807) is 6.07 Å². The van der Waals surface area contributed by atoms with E-state index in [4.69, 9.17) is 18.9 Å². The van der Waals surface area contributed by atoms with E-state index in [0.29, 0.717) is 41.0 Å². The number of benzene rings is 2. The van der Waals surface area contributed by atoms with Gasteiger partial charge in [0.2, 0.25) is 0 Å². The fourth-order valence-corrected chi connectivity index (χ4v) is 4.33. The van der Waals surface area contributed by atoms with E-state index in [1.165, 1.54) is 51.4 Å². The van der Waals surface area contributed by atoms with E-state index in [1.807, 2.05) is 31.2 Å². The maximum absolute atomic E-state index is 12.3. The molecule has 0 aliphatic carbocycles. The van der Waals surface area contributed by atoms with Crippen molar-refractivity contribution in [2.75, 3.05) is 13.2 Å². The van der Waals surface area contributed by atoms with Crippen molar-refractivity contribution in [3.8, 4) is 11.5 Å². The molecule has 206 valence electrons. The molecule has 2 aromatic rings. The summed E-state index contributed by atoms with van der Waals surface area (Å²) in [5.41, 5.74) is 0.668. The number of carbonyl (C=O) groups excluding carboxylic acids is 2. The summed E-state index contributed by atoms with van der Waals surface area (Å²) in [7, 11) is 0. The summed E-state index contributed by atoms with van der Waals surface area (Å²) in [6, 6.07) is 9.04. The van der Waals surface area contributed by atoms with E-state index in [0.717, 1.165) is 38.5 Å². The molecule has 0 amide bonds. The zero-order valence-electron chi connectivity index (χ0n) is 23.1. The van der Waals surface area contributed by atoms with Crippen LogP contribution in [0, 0.1) is 6.92 Å². The fraction of sp³-hybridized carbons (Fsp3) is 0.613. The topological polar surface area (TPSA) is 71.1 Å². The molecule has 0 heterocycles. The van der Waals surface area contributed by atoms with Crippen molar-refractivity contribution < 1.29 is 28.5 Å². The minimum Gasteiger partial charge on any atom is -0.434 e. The van der Waals surface area contributed by atoms with Crippen molar-refractivity contribution in [3.63, 3.8) is 0 Å². The van der Waals surface area contributed by atoms with Crippen molar-refractivity contribution in [1.82, 2.24) is 0 Å². The van der Waals surface area contributed by atoms with Gasteiger partial charge in [0.25, 0.3) is 0 Å². The average Bonchev–Trinajstić information content (AvgIpc) is 2.89. The van der Waals surface area contributed by atoms with Crippen LogP contribution in [0.15, 0.2) is 30.3 Å². The number of hydrogen-bond donors (Lipinski definition) is 0. The third kappa shape index (κ3) is 11.9. The molecule has 0 fully saturated rings. The summed E-state index contributed by atoms with van der Waals surface area (Å²) in [5.74, 6) is 0.783. The summed E-state index contributed by atoms with van der Waals surface area (Å²) < 4.78 is 21.7. The highest BCUT2D eigenvalue weighted by Crippen LogP contribution is 2.37. The lowest BCUT2D eigenvalue weighted by atomic mass is 10.0. The fourth-order valence-electron chi connectivity index (χ4n) is 4.33. The second kappa shape index (κ2) is 18.5. The molecule has 0 aromatic heterocycles. The van der Waals surface area contributed by atoms with Crippen LogP contribution >= 0.6 is 0 Å². The second-order valence-electron chi connectivity index (χ2n) is 9.71. The third-order valence-electron chi connectivity index (χ3n) is 6.46. The van der Waals surface area contributed by atoms with Gasteiger partial charge in [0.1, 0.15) is 11.5 Å². The van der Waals surface area contributed by atoms with Crippen molar-refractivity contribution >= 4 is 23.1 Å². The molecule has 2 rings (SSSR count). The number of rotatable bonds is 18. The van der Waals surface area contributed by atoms with Gasteiger partial charge in [-0.1, -0.05) is 115 Å². The maximum atomic E-state index is 12.3. The molecule has 0 aliphatic rings. The zero-order valence-corrected chi connectivity index (χ0v) is 23.1. The van der Waals surface area contributed by atoms with Gasteiger partial charge in [-0.2, -0.15) is 0 Å². The molecule has 0 atom stereocenters. The molecule has 0 bridgehead atoms. The number of hydrogen-bond acceptors (Lipinski definition) is 6. The van der Waals surface area contributed by atoms with Crippen LogP contribution in [-0.4, -0.2) is 25.5 Å². The Morgan fingerprint density at radius 1 is 0.622 bits per heavy atom. The minimum atomic E-state index is -0.724. The smallest absolute Gasteiger partial charge is 0.434 e. The van der Waals surface area contributed by atoms with Gasteiger partial charge in [0.05, 0.1) is 13.2 Å². The van der Waals surface area contributed by atoms with Crippen molar-refractivity contribution in [2.45, 2.75) is 111 Å². The summed E-state index contributed by atoms with van der Waals surface area (Å²) in [4.78, 5) is 24.6. The van der Waals surface area contributed by atoms with Crippen molar-refractivity contribution in [2.24, 2.45) is 0 Å². The molecule has 37 heavy (non-hydrogen) atoms. The normalized spacial score (nSPS) is 10.9. The molecule has 0 N–H and O–H groups in total. The highest BCUT2D eigenvalue weighted by Gasteiger charge is 2.18. The molecule has 0 saturated carbocycles. The first-order chi connectivity index (χ1) is 18.1. The highest BCUT2D eigenvalue weighted by atomic mass is 16.7. The molecule has 6 nitrogen and oxygen atoms in total. The van der Waals surface area contributed by atoms with Crippen molar-refractivity contribution in [1.29, 1.82) is 0 Å². The molecule has 6 heteroatoms. The quantitative estimate of drug-likeness (QED) is 0.112. The first-order valence-corrected chi connectivity index (χ1v) is 14.3. The molecule has 0 saturated heterocycles. The Morgan fingerprint density at radius 3 is 1.62 bits per heavy atom. The number of carbonyl (C=O) groups is 2. The SMILES string of the molecule is CCCCCCCCCOC(=O)Oc1cc(C)c(OC(=O)OCCCCCCCCC)c2ccccc12. The van der Waals surface area contributed by atoms with E-state index >= 15 is 0 Å². The Labute approximate surface area is 223 Å². The van der Waals surface area contributed by atoms with Gasteiger partial charge >= 0.3 is 12.3 Å². The Hall–Kier alpha value is -2.76. The van der Waals surface area contributed by atoms with Gasteiger partial charge < -0.3 is 18.9 Å². The van der Waals surface area contributed by atoms with E-state index in [9.17, 15) is 9.59 Å². The molecular weight excluding hydrogens is 468 g/mol. The summed E-state index contributed by atoms with van der Waals surface area (Å²) in [5, 5.41) is 1.33. The van der Waals surface area contributed by atoms with Gasteiger partial charge in [0.15, 0.2) is 0 Å². The Balaban J connectivity index is 1.84. The first kappa shape index (κ1) is 30.5. The van der Waals surface area contributed by atoms with E-state index in [2.05, 4.69) is 13.8 Å². The van der Waals surface area contributed by atoms with Crippen LogP contribution in [-0.2, 0) is 9.47 Å². The van der Waals surface area contributed by atoms with Crippen LogP contribution in [0.2, 0.25) is 0 Å². The Morgan fingerprint density at radius 2 is 1.08 bits per heavy atom. The predicted molar refractivity (Wildman–Crippen MR) is 149 cm³/mol. The second-order valence-corrected chi connectivity index (χ2v) is 9.71. The number of fused-ring (bicyclic) bond motifs is 1. The number of ether oxygens (including phenoxy) is 4. The van der Waals surface area contributed by atoms with E-state index < -0.39 is 12.3 Å². The maximum Gasteiger partial charge on any atom is 0.513 e. The largest absolute Gasteiger partial charge is 0.513 e. The average molecular weight is 515 g/mol. The summed E-state index contributed by atoms with van der Waals surface area (Å²) in [6.07, 6.45) is 14.6. The lowest BCUT2D eigenvalue weighted by Gasteiger charge is -2.14. The number of unbranched alkanes of at least 4 members (excludes halogenated alkanes) is 12. The lowest BCUT2D eigenvalue weighted by molar-refractivity contribution is 0.0956. The molecule has 0 spiro atoms. The zero-order chi connectivity index (χ0) is 26.7. The van der Waals surface area contributed by atoms with Gasteiger partial charge in [0, 0.05) is 10.8 Å². The molecule has 0 radical (unpaired) electrons. The van der Waals surface area contributed by atoms with Gasteiger partial charge in [-0.05, 0) is 31.4 Å². The predicted octanol–water partition coefficient (Wildman–Crippen LogP) is 9.68. The lowest BCUT2D eigenvalue weighted by Crippen LogP contribution is -2.14. The van der Waals surface area contributed by atoms with E-state index in [-0.39, 0.29) is 0 Å². The van der Waals surface area contributed by atoms with Crippen LogP contribution < -0.4 is 9.47 Å². The molecule has 0 aliphatic heterocycles. The monoisotopic (exact) mass is 514 g/mol. The summed E-state index contributed by atoms with van der Waals surface area (Å²) in [6.45, 7) is 6.90. The van der Waals surface area contributed by atoms with Crippen molar-refractivity contribution in [3.05, 3.63) is 35.9 Å². The molecule has 0 unspecified atom stereocenters. The van der Waals surface area contributed by atoms with Crippen LogP contribution in [0.4, 0.5) is 9.59 Å². The highest BCUT2D eigenvalue weighted by molar-refractivity contribution is 5.96. The van der Waals surface area contributed by atoms with Crippen LogP contribution in [0.1, 0.15) is 109 Å². The van der Waals surface area contributed by atoms with Crippen LogP contribution in [0.5, 0.6) is 11.5 Å². The first-order valence-electron chi connectivity index (χ1n) is 14.3. The minimum absolute atomic E-state index is 0.343. The van der Waals surface area contributed by atoms with Crippen LogP contribution in [0.25, 0.3) is 10.8 Å². The van der Waals surface area contributed by atoms with Gasteiger partial charge in [-0.15, -0.1) is 0 Å².